The first-order chi connectivity index (χ1) is 9.17. The molecule has 0 amide bonds. The van der Waals surface area contributed by atoms with Gasteiger partial charge in [0.15, 0.2) is 0 Å². The third-order valence-corrected chi connectivity index (χ3v) is 4.10. The van der Waals surface area contributed by atoms with Crippen molar-refractivity contribution >= 4 is 0 Å². The highest BCUT2D eigenvalue weighted by atomic mass is 19.1. The van der Waals surface area contributed by atoms with Crippen LogP contribution < -0.4 is 5.32 Å². The minimum Gasteiger partial charge on any atom is -0.317 e. The molecule has 1 heterocycles. The number of nitrogens with zero attached hydrogens (tertiary/aromatic N) is 1. The Morgan fingerprint density at radius 3 is 2.79 bits per heavy atom. The van der Waals surface area contributed by atoms with Crippen LogP contribution in [0.5, 0.6) is 0 Å². The normalized spacial score (nSPS) is 22.4. The highest BCUT2D eigenvalue weighted by Gasteiger charge is 2.21. The zero-order chi connectivity index (χ0) is 13.7. The fourth-order valence-corrected chi connectivity index (χ4v) is 2.95. The Bertz CT molecular complexity index is 377. The molecular formula is C16H25FN2. The predicted molar refractivity (Wildman–Crippen MR) is 77.5 cm³/mol. The van der Waals surface area contributed by atoms with Gasteiger partial charge in [-0.1, -0.05) is 12.1 Å². The van der Waals surface area contributed by atoms with Crippen LogP contribution in [0.3, 0.4) is 0 Å². The fraction of sp³-hybridized carbons (Fsp3) is 0.625. The van der Waals surface area contributed by atoms with Crippen LogP contribution in [0.1, 0.15) is 31.7 Å². The van der Waals surface area contributed by atoms with Gasteiger partial charge in [0.25, 0.3) is 0 Å². The molecule has 0 saturated carbocycles. The summed E-state index contributed by atoms with van der Waals surface area (Å²) in [5.74, 6) is 0.639. The van der Waals surface area contributed by atoms with E-state index in [1.165, 1.54) is 37.9 Å². The maximum Gasteiger partial charge on any atom is 0.123 e. The maximum atomic E-state index is 12.9. The fourth-order valence-electron chi connectivity index (χ4n) is 2.95. The van der Waals surface area contributed by atoms with Crippen LogP contribution in [0.15, 0.2) is 24.3 Å². The van der Waals surface area contributed by atoms with Crippen molar-refractivity contribution in [1.29, 1.82) is 0 Å². The molecule has 1 aliphatic heterocycles. The minimum absolute atomic E-state index is 0.150. The van der Waals surface area contributed by atoms with E-state index in [2.05, 4.69) is 17.1 Å². The molecule has 0 radical (unpaired) electrons. The number of piperidine rings is 1. The summed E-state index contributed by atoms with van der Waals surface area (Å²) in [6.07, 6.45) is 3.87. The summed E-state index contributed by atoms with van der Waals surface area (Å²) in [5.41, 5.74) is 1.21. The maximum absolute atomic E-state index is 12.9. The average molecular weight is 264 g/mol. The summed E-state index contributed by atoms with van der Waals surface area (Å²) in [5, 5.41) is 3.32. The molecule has 1 N–H and O–H groups in total. The Balaban J connectivity index is 1.85. The molecule has 1 saturated heterocycles. The largest absolute Gasteiger partial charge is 0.317 e. The number of benzene rings is 1. The van der Waals surface area contributed by atoms with E-state index >= 15 is 0 Å². The molecule has 1 aromatic carbocycles. The van der Waals surface area contributed by atoms with Crippen LogP contribution in [0.25, 0.3) is 0 Å². The molecule has 3 heteroatoms. The lowest BCUT2D eigenvalue weighted by Gasteiger charge is -2.34. The summed E-state index contributed by atoms with van der Waals surface area (Å²) >= 11 is 0. The first-order valence-electron chi connectivity index (χ1n) is 7.31. The summed E-state index contributed by atoms with van der Waals surface area (Å²) in [6.45, 7) is 5.54. The second-order valence-electron chi connectivity index (χ2n) is 5.80. The van der Waals surface area contributed by atoms with Crippen LogP contribution in [0, 0.1) is 11.7 Å². The molecule has 2 atom stereocenters. The van der Waals surface area contributed by atoms with E-state index in [1.807, 2.05) is 19.2 Å². The lowest BCUT2D eigenvalue weighted by Crippen LogP contribution is -2.37. The molecule has 19 heavy (non-hydrogen) atoms. The van der Waals surface area contributed by atoms with Crippen LogP contribution in [-0.2, 0) is 6.54 Å². The Kier molecular flexibility index (Phi) is 5.34. The number of hydrogen-bond donors (Lipinski definition) is 1. The zero-order valence-corrected chi connectivity index (χ0v) is 12.0. The molecule has 0 bridgehead atoms. The van der Waals surface area contributed by atoms with Gasteiger partial charge in [0.2, 0.25) is 0 Å². The van der Waals surface area contributed by atoms with Crippen molar-refractivity contribution in [1.82, 2.24) is 10.2 Å². The van der Waals surface area contributed by atoms with Gasteiger partial charge in [0.05, 0.1) is 0 Å². The number of hydrogen-bond acceptors (Lipinski definition) is 2. The highest BCUT2D eigenvalue weighted by molar-refractivity contribution is 5.15. The highest BCUT2D eigenvalue weighted by Crippen LogP contribution is 2.22. The first-order valence-corrected chi connectivity index (χ1v) is 7.31. The molecule has 2 rings (SSSR count). The Morgan fingerprint density at radius 1 is 1.37 bits per heavy atom. The van der Waals surface area contributed by atoms with Crippen LogP contribution in [-0.4, -0.2) is 31.1 Å². The molecule has 2 nitrogen and oxygen atoms in total. The van der Waals surface area contributed by atoms with E-state index in [9.17, 15) is 4.39 Å². The average Bonchev–Trinajstić information content (AvgIpc) is 2.42. The van der Waals surface area contributed by atoms with Gasteiger partial charge in [-0.3, -0.25) is 4.90 Å². The molecule has 0 aliphatic carbocycles. The van der Waals surface area contributed by atoms with E-state index in [4.69, 9.17) is 0 Å². The van der Waals surface area contributed by atoms with Crippen molar-refractivity contribution in [2.75, 3.05) is 20.1 Å². The lowest BCUT2D eigenvalue weighted by atomic mass is 9.91. The van der Waals surface area contributed by atoms with Crippen molar-refractivity contribution in [2.24, 2.45) is 5.92 Å². The molecule has 0 aromatic heterocycles. The van der Waals surface area contributed by atoms with Crippen LogP contribution in [0.2, 0.25) is 0 Å². The van der Waals surface area contributed by atoms with Crippen LogP contribution in [0.4, 0.5) is 4.39 Å². The Hall–Kier alpha value is -0.930. The van der Waals surface area contributed by atoms with E-state index in [0.717, 1.165) is 12.5 Å². The molecule has 106 valence electrons. The van der Waals surface area contributed by atoms with Gasteiger partial charge >= 0.3 is 0 Å². The predicted octanol–water partition coefficient (Wildman–Crippen LogP) is 3.04. The van der Waals surface area contributed by atoms with E-state index in [1.54, 1.807) is 12.1 Å². The van der Waals surface area contributed by atoms with E-state index in [0.29, 0.717) is 6.04 Å². The molecule has 1 aromatic rings. The molecule has 0 spiro atoms. The zero-order valence-electron chi connectivity index (χ0n) is 12.0. The van der Waals surface area contributed by atoms with Crippen molar-refractivity contribution in [3.8, 4) is 0 Å². The van der Waals surface area contributed by atoms with Crippen molar-refractivity contribution in [2.45, 2.75) is 38.8 Å². The standard InChI is InChI=1S/C16H25FN2/c1-13(18-2)10-15-4-3-9-19(12-15)11-14-5-7-16(17)8-6-14/h5-8,13,15,18H,3-4,9-12H2,1-2H3. The molecular weight excluding hydrogens is 239 g/mol. The quantitative estimate of drug-likeness (QED) is 0.879. The first kappa shape index (κ1) is 14.5. The van der Waals surface area contributed by atoms with Gasteiger partial charge in [-0.2, -0.15) is 0 Å². The lowest BCUT2D eigenvalue weighted by molar-refractivity contribution is 0.155. The second kappa shape index (κ2) is 7.01. The minimum atomic E-state index is -0.150. The van der Waals surface area contributed by atoms with Gasteiger partial charge in [0.1, 0.15) is 5.82 Å². The van der Waals surface area contributed by atoms with Crippen LogP contribution >= 0.6 is 0 Å². The van der Waals surface area contributed by atoms with E-state index in [-0.39, 0.29) is 5.82 Å². The Morgan fingerprint density at radius 2 is 2.11 bits per heavy atom. The summed E-state index contributed by atoms with van der Waals surface area (Å²) in [6, 6.07) is 7.50. The summed E-state index contributed by atoms with van der Waals surface area (Å²) in [7, 11) is 2.03. The number of halogens is 1. The third kappa shape index (κ3) is 4.59. The Labute approximate surface area is 116 Å². The third-order valence-electron chi connectivity index (χ3n) is 4.10. The monoisotopic (exact) mass is 264 g/mol. The summed E-state index contributed by atoms with van der Waals surface area (Å²) < 4.78 is 12.9. The SMILES string of the molecule is CNC(C)CC1CCCN(Cc2ccc(F)cc2)C1. The number of rotatable bonds is 5. The van der Waals surface area contributed by atoms with Gasteiger partial charge in [-0.05, 0) is 63.4 Å². The van der Waals surface area contributed by atoms with Gasteiger partial charge in [0, 0.05) is 19.1 Å². The summed E-state index contributed by atoms with van der Waals surface area (Å²) in [4.78, 5) is 2.50. The smallest absolute Gasteiger partial charge is 0.123 e. The number of nitrogens with one attached hydrogen (secondary N) is 1. The van der Waals surface area contributed by atoms with E-state index < -0.39 is 0 Å². The van der Waals surface area contributed by atoms with Crippen molar-refractivity contribution < 1.29 is 4.39 Å². The van der Waals surface area contributed by atoms with Gasteiger partial charge < -0.3 is 5.32 Å². The van der Waals surface area contributed by atoms with Gasteiger partial charge in [-0.25, -0.2) is 4.39 Å². The second-order valence-corrected chi connectivity index (χ2v) is 5.80. The molecule has 1 fully saturated rings. The van der Waals surface area contributed by atoms with Gasteiger partial charge in [-0.15, -0.1) is 0 Å². The van der Waals surface area contributed by atoms with Crippen molar-refractivity contribution in [3.05, 3.63) is 35.6 Å². The number of likely N-dealkylation sites (tertiary alicyclic amines) is 1. The molecule has 1 aliphatic rings. The van der Waals surface area contributed by atoms with Crippen molar-refractivity contribution in [3.63, 3.8) is 0 Å². The molecule has 2 unspecified atom stereocenters. The topological polar surface area (TPSA) is 15.3 Å².